The number of nitrogens with zero attached hydrogens (tertiary/aromatic N) is 3. The summed E-state index contributed by atoms with van der Waals surface area (Å²) in [4.78, 5) is 27.9. The summed E-state index contributed by atoms with van der Waals surface area (Å²) in [5, 5.41) is 11.6. The van der Waals surface area contributed by atoms with E-state index < -0.39 is 36.3 Å². The normalized spacial score (nSPS) is 11.6. The maximum Gasteiger partial charge on any atom is 0.404 e. The number of nitriles is 1. The largest absolute Gasteiger partial charge is 0.485 e. The van der Waals surface area contributed by atoms with Crippen LogP contribution in [0, 0.1) is 36.8 Å². The Morgan fingerprint density at radius 3 is 2.62 bits per heavy atom. The monoisotopic (exact) mass is 443 g/mol. The predicted octanol–water partition coefficient (Wildman–Crippen LogP) is 2.53. The number of imidazole rings is 1. The zero-order valence-corrected chi connectivity index (χ0v) is 17.2. The van der Waals surface area contributed by atoms with E-state index in [1.165, 1.54) is 10.5 Å². The fraction of sp³-hybridized carbons (Fsp3) is 0.238. The Morgan fingerprint density at radius 2 is 2.00 bits per heavy atom. The number of pyridine rings is 1. The van der Waals surface area contributed by atoms with Crippen molar-refractivity contribution in [2.24, 2.45) is 5.73 Å². The number of benzene rings is 1. The summed E-state index contributed by atoms with van der Waals surface area (Å²) in [6, 6.07) is 5.80. The fourth-order valence-corrected chi connectivity index (χ4v) is 3.06. The number of aromatic nitrogens is 2. The molecule has 0 saturated carbocycles. The highest BCUT2D eigenvalue weighted by Crippen LogP contribution is 2.26. The van der Waals surface area contributed by atoms with Crippen molar-refractivity contribution >= 4 is 17.6 Å². The number of carbonyl (C=O) groups is 2. The minimum absolute atomic E-state index is 0.116. The summed E-state index contributed by atoms with van der Waals surface area (Å²) in [5.74, 6) is -1.92. The number of hydrogen-bond donors (Lipinski definition) is 2. The molecule has 2 amide bonds. The van der Waals surface area contributed by atoms with Gasteiger partial charge in [0.15, 0.2) is 17.4 Å². The van der Waals surface area contributed by atoms with E-state index in [1.807, 2.05) is 0 Å². The van der Waals surface area contributed by atoms with Crippen molar-refractivity contribution in [1.82, 2.24) is 14.7 Å². The molecule has 0 saturated heterocycles. The van der Waals surface area contributed by atoms with E-state index >= 15 is 0 Å². The molecule has 2 aromatic heterocycles. The van der Waals surface area contributed by atoms with Gasteiger partial charge in [0, 0.05) is 6.20 Å². The van der Waals surface area contributed by atoms with Crippen LogP contribution < -0.4 is 15.8 Å². The van der Waals surface area contributed by atoms with Gasteiger partial charge < -0.3 is 20.5 Å². The van der Waals surface area contributed by atoms with Crippen molar-refractivity contribution < 1.29 is 27.8 Å². The molecule has 1 aromatic carbocycles. The second-order valence-electron chi connectivity index (χ2n) is 6.90. The molecule has 166 valence electrons. The van der Waals surface area contributed by atoms with Crippen LogP contribution in [0.5, 0.6) is 5.75 Å². The van der Waals surface area contributed by atoms with Crippen molar-refractivity contribution in [2.75, 3.05) is 6.61 Å². The Labute approximate surface area is 181 Å². The van der Waals surface area contributed by atoms with Crippen LogP contribution in [-0.4, -0.2) is 34.0 Å². The standard InChI is InChI=1S/C21H19F2N5O4/c1-11-6-17(31-10-14-15(22)4-3-5-16(14)23)19-26-12(2)18(28(19)8-11)20(29)27-13(7-24)9-32-21(25)30/h3-6,8,13H,9-10H2,1-2H3,(H2,25,30)(H,27,29). The third-order valence-electron chi connectivity index (χ3n) is 4.50. The van der Waals surface area contributed by atoms with Crippen LogP contribution >= 0.6 is 0 Å². The summed E-state index contributed by atoms with van der Waals surface area (Å²) in [5.41, 5.74) is 6.01. The van der Waals surface area contributed by atoms with Gasteiger partial charge in [-0.15, -0.1) is 0 Å². The second-order valence-corrected chi connectivity index (χ2v) is 6.90. The van der Waals surface area contributed by atoms with E-state index in [2.05, 4.69) is 15.0 Å². The number of halogens is 2. The van der Waals surface area contributed by atoms with Gasteiger partial charge in [0.2, 0.25) is 0 Å². The van der Waals surface area contributed by atoms with Gasteiger partial charge in [0.05, 0.1) is 17.3 Å². The smallest absolute Gasteiger partial charge is 0.404 e. The molecule has 0 aliphatic heterocycles. The number of rotatable bonds is 7. The van der Waals surface area contributed by atoms with Crippen LogP contribution in [0.25, 0.3) is 5.65 Å². The quantitative estimate of drug-likeness (QED) is 0.577. The number of ether oxygens (including phenoxy) is 2. The van der Waals surface area contributed by atoms with Gasteiger partial charge >= 0.3 is 6.09 Å². The third kappa shape index (κ3) is 4.75. The zero-order chi connectivity index (χ0) is 23.4. The van der Waals surface area contributed by atoms with Crippen LogP contribution in [0.3, 0.4) is 0 Å². The molecule has 11 heteroatoms. The predicted molar refractivity (Wildman–Crippen MR) is 108 cm³/mol. The van der Waals surface area contributed by atoms with Gasteiger partial charge in [-0.05, 0) is 37.6 Å². The molecule has 0 aliphatic carbocycles. The van der Waals surface area contributed by atoms with Gasteiger partial charge in [-0.25, -0.2) is 18.6 Å². The van der Waals surface area contributed by atoms with Crippen molar-refractivity contribution in [3.63, 3.8) is 0 Å². The molecule has 2 heterocycles. The van der Waals surface area contributed by atoms with Crippen molar-refractivity contribution in [3.8, 4) is 11.8 Å². The van der Waals surface area contributed by atoms with Crippen molar-refractivity contribution in [3.05, 3.63) is 64.6 Å². The summed E-state index contributed by atoms with van der Waals surface area (Å²) < 4.78 is 39.5. The third-order valence-corrected chi connectivity index (χ3v) is 4.50. The van der Waals surface area contributed by atoms with Crippen molar-refractivity contribution in [2.45, 2.75) is 26.5 Å². The van der Waals surface area contributed by atoms with Crippen LogP contribution in [0.2, 0.25) is 0 Å². The van der Waals surface area contributed by atoms with Gasteiger partial charge in [0.25, 0.3) is 5.91 Å². The first-order valence-corrected chi connectivity index (χ1v) is 9.39. The maximum absolute atomic E-state index is 13.9. The lowest BCUT2D eigenvalue weighted by molar-refractivity contribution is 0.0912. The molecule has 3 rings (SSSR count). The highest BCUT2D eigenvalue weighted by atomic mass is 19.1. The van der Waals surface area contributed by atoms with Gasteiger partial charge in [-0.1, -0.05) is 6.07 Å². The van der Waals surface area contributed by atoms with Gasteiger partial charge in [0.1, 0.15) is 30.5 Å². The fourth-order valence-electron chi connectivity index (χ4n) is 3.06. The summed E-state index contributed by atoms with van der Waals surface area (Å²) in [6.45, 7) is 2.52. The van der Waals surface area contributed by atoms with Crippen LogP contribution in [-0.2, 0) is 11.3 Å². The van der Waals surface area contributed by atoms with E-state index in [-0.39, 0.29) is 29.3 Å². The zero-order valence-electron chi connectivity index (χ0n) is 17.2. The van der Waals surface area contributed by atoms with E-state index in [0.29, 0.717) is 11.3 Å². The van der Waals surface area contributed by atoms with Crippen molar-refractivity contribution in [1.29, 1.82) is 5.26 Å². The van der Waals surface area contributed by atoms with E-state index in [9.17, 15) is 23.6 Å². The number of carbonyl (C=O) groups excluding carboxylic acids is 2. The number of nitrogens with two attached hydrogens (primary N) is 1. The Morgan fingerprint density at radius 1 is 1.31 bits per heavy atom. The molecule has 0 bridgehead atoms. The van der Waals surface area contributed by atoms with E-state index in [0.717, 1.165) is 12.1 Å². The van der Waals surface area contributed by atoms with E-state index in [1.54, 1.807) is 32.2 Å². The van der Waals surface area contributed by atoms with Crippen LogP contribution in [0.1, 0.15) is 27.3 Å². The molecule has 1 unspecified atom stereocenters. The minimum atomic E-state index is -1.13. The van der Waals surface area contributed by atoms with Gasteiger partial charge in [-0.2, -0.15) is 5.26 Å². The Bertz CT molecular complexity index is 1210. The summed E-state index contributed by atoms with van der Waals surface area (Å²) in [7, 11) is 0. The van der Waals surface area contributed by atoms with Crippen LogP contribution in [0.4, 0.5) is 13.6 Å². The summed E-state index contributed by atoms with van der Waals surface area (Å²) in [6.07, 6.45) is 0.552. The molecule has 0 radical (unpaired) electrons. The first-order valence-electron chi connectivity index (χ1n) is 9.39. The molecule has 9 nitrogen and oxygen atoms in total. The summed E-state index contributed by atoms with van der Waals surface area (Å²) >= 11 is 0. The van der Waals surface area contributed by atoms with Crippen LogP contribution in [0.15, 0.2) is 30.5 Å². The first-order chi connectivity index (χ1) is 15.2. The van der Waals surface area contributed by atoms with Gasteiger partial charge in [-0.3, -0.25) is 9.20 Å². The lowest BCUT2D eigenvalue weighted by atomic mass is 10.2. The topological polar surface area (TPSA) is 132 Å². The van der Waals surface area contributed by atoms with E-state index in [4.69, 9.17) is 10.5 Å². The lowest BCUT2D eigenvalue weighted by Crippen LogP contribution is -2.39. The Balaban J connectivity index is 1.91. The number of amides is 2. The molecule has 0 aliphatic rings. The average Bonchev–Trinajstić information content (AvgIpc) is 3.06. The average molecular weight is 443 g/mol. The Hall–Kier alpha value is -4.20. The molecule has 0 spiro atoms. The number of fused-ring (bicyclic) bond motifs is 1. The highest BCUT2D eigenvalue weighted by molar-refractivity contribution is 5.95. The second kappa shape index (κ2) is 9.30. The lowest BCUT2D eigenvalue weighted by Gasteiger charge is -2.13. The molecule has 32 heavy (non-hydrogen) atoms. The number of hydrogen-bond acceptors (Lipinski definition) is 6. The molecular weight excluding hydrogens is 424 g/mol. The molecular formula is C21H19F2N5O4. The molecule has 0 fully saturated rings. The first kappa shape index (κ1) is 22.5. The molecule has 3 aromatic rings. The molecule has 1 atom stereocenters. The maximum atomic E-state index is 13.9. The Kier molecular flexibility index (Phi) is 6.53. The number of primary amides is 1. The molecule has 3 N–H and O–H groups in total. The SMILES string of the molecule is Cc1cc(OCc2c(F)cccc2F)c2nc(C)c(C(=O)NC(C#N)COC(N)=O)n2c1. The minimum Gasteiger partial charge on any atom is -0.485 e. The number of aryl methyl sites for hydroxylation is 2. The number of nitrogens with one attached hydrogen (secondary N) is 1. The highest BCUT2D eigenvalue weighted by Gasteiger charge is 2.23.